The van der Waals surface area contributed by atoms with E-state index in [1.807, 2.05) is 24.3 Å². The predicted molar refractivity (Wildman–Crippen MR) is 63.2 cm³/mol. The predicted octanol–water partition coefficient (Wildman–Crippen LogP) is 1.12. The molecular weight excluding hydrogens is 224 g/mol. The highest BCUT2D eigenvalue weighted by molar-refractivity contribution is 7.91. The molecule has 1 fully saturated rings. The van der Waals surface area contributed by atoms with E-state index >= 15 is 0 Å². The number of benzene rings is 1. The van der Waals surface area contributed by atoms with Gasteiger partial charge in [0.2, 0.25) is 0 Å². The molecule has 3 nitrogen and oxygen atoms in total. The second kappa shape index (κ2) is 4.55. The maximum Gasteiger partial charge on any atom is 0.150 e. The molecule has 0 saturated carbocycles. The van der Waals surface area contributed by atoms with Crippen LogP contribution in [0.1, 0.15) is 23.5 Å². The van der Waals surface area contributed by atoms with E-state index < -0.39 is 9.84 Å². The summed E-state index contributed by atoms with van der Waals surface area (Å²) in [6, 6.07) is 7.89. The van der Waals surface area contributed by atoms with Crippen LogP contribution in [0.5, 0.6) is 0 Å². The summed E-state index contributed by atoms with van der Waals surface area (Å²) in [5.41, 5.74) is 2.16. The molecule has 1 aliphatic heterocycles. The maximum absolute atomic E-state index is 11.4. The minimum atomic E-state index is -2.82. The maximum atomic E-state index is 11.4. The molecule has 0 spiro atoms. The highest BCUT2D eigenvalue weighted by atomic mass is 32.2. The average molecular weight is 240 g/mol. The third kappa shape index (κ3) is 2.62. The van der Waals surface area contributed by atoms with Gasteiger partial charge in [0.25, 0.3) is 0 Å². The number of aliphatic hydroxyl groups is 1. The number of hydrogen-bond donors (Lipinski definition) is 1. The van der Waals surface area contributed by atoms with Gasteiger partial charge in [0.05, 0.1) is 11.5 Å². The summed E-state index contributed by atoms with van der Waals surface area (Å²) in [5, 5.41) is 8.86. The van der Waals surface area contributed by atoms with Gasteiger partial charge in [-0.1, -0.05) is 24.3 Å². The van der Waals surface area contributed by atoms with E-state index in [0.717, 1.165) is 17.5 Å². The first kappa shape index (κ1) is 11.6. The summed E-state index contributed by atoms with van der Waals surface area (Å²) in [4.78, 5) is 0. The molecule has 1 aromatic carbocycles. The molecule has 0 radical (unpaired) electrons. The summed E-state index contributed by atoms with van der Waals surface area (Å²) < 4.78 is 22.8. The van der Waals surface area contributed by atoms with Crippen LogP contribution in [0.15, 0.2) is 24.3 Å². The molecule has 1 atom stereocenters. The molecule has 1 aliphatic rings. The van der Waals surface area contributed by atoms with Crippen LogP contribution in [-0.4, -0.2) is 31.6 Å². The van der Waals surface area contributed by atoms with Crippen LogP contribution in [0.3, 0.4) is 0 Å². The molecule has 2 rings (SSSR count). The molecule has 0 bridgehead atoms. The van der Waals surface area contributed by atoms with Gasteiger partial charge in [-0.3, -0.25) is 0 Å². The minimum absolute atomic E-state index is 0.131. The van der Waals surface area contributed by atoms with Crippen molar-refractivity contribution in [3.63, 3.8) is 0 Å². The molecule has 1 N–H and O–H groups in total. The highest BCUT2D eigenvalue weighted by Crippen LogP contribution is 2.29. The lowest BCUT2D eigenvalue weighted by Crippen LogP contribution is -2.04. The molecule has 0 aliphatic carbocycles. The largest absolute Gasteiger partial charge is 0.396 e. The van der Waals surface area contributed by atoms with Gasteiger partial charge < -0.3 is 5.11 Å². The van der Waals surface area contributed by atoms with Crippen molar-refractivity contribution < 1.29 is 13.5 Å². The standard InChI is InChI=1S/C12H16O3S/c13-6-4-10-2-1-3-11(8-10)12-5-7-16(14,15)9-12/h1-3,8,12-13H,4-7,9H2. The number of hydrogen-bond acceptors (Lipinski definition) is 3. The van der Waals surface area contributed by atoms with Gasteiger partial charge in [0, 0.05) is 6.61 Å². The van der Waals surface area contributed by atoms with Gasteiger partial charge in [-0.25, -0.2) is 8.42 Å². The van der Waals surface area contributed by atoms with E-state index in [-0.39, 0.29) is 18.3 Å². The Bertz CT molecular complexity index is 465. The molecule has 1 heterocycles. The van der Waals surface area contributed by atoms with Crippen LogP contribution >= 0.6 is 0 Å². The van der Waals surface area contributed by atoms with E-state index in [0.29, 0.717) is 12.2 Å². The van der Waals surface area contributed by atoms with Crippen molar-refractivity contribution in [2.45, 2.75) is 18.8 Å². The Morgan fingerprint density at radius 1 is 1.38 bits per heavy atom. The normalized spacial score (nSPS) is 23.4. The Kier molecular flexibility index (Phi) is 3.30. The second-order valence-corrected chi connectivity index (χ2v) is 6.55. The summed E-state index contributed by atoms with van der Waals surface area (Å²) in [7, 11) is -2.82. The first-order valence-electron chi connectivity index (χ1n) is 5.51. The van der Waals surface area contributed by atoms with Crippen LogP contribution in [-0.2, 0) is 16.3 Å². The zero-order valence-electron chi connectivity index (χ0n) is 9.09. The molecular formula is C12H16O3S. The monoisotopic (exact) mass is 240 g/mol. The number of aliphatic hydroxyl groups excluding tert-OH is 1. The zero-order valence-corrected chi connectivity index (χ0v) is 9.91. The zero-order chi connectivity index (χ0) is 11.6. The van der Waals surface area contributed by atoms with Crippen LogP contribution in [0, 0.1) is 0 Å². The second-order valence-electron chi connectivity index (χ2n) is 4.32. The van der Waals surface area contributed by atoms with Gasteiger partial charge >= 0.3 is 0 Å². The molecule has 4 heteroatoms. The van der Waals surface area contributed by atoms with Gasteiger partial charge in [-0.15, -0.1) is 0 Å². The SMILES string of the molecule is O=S1(=O)CCC(c2cccc(CCO)c2)C1. The smallest absolute Gasteiger partial charge is 0.150 e. The Morgan fingerprint density at radius 3 is 2.81 bits per heavy atom. The highest BCUT2D eigenvalue weighted by Gasteiger charge is 2.28. The van der Waals surface area contributed by atoms with E-state index in [9.17, 15) is 8.42 Å². The first-order chi connectivity index (χ1) is 7.61. The summed E-state index contributed by atoms with van der Waals surface area (Å²) in [6.45, 7) is 0.131. The van der Waals surface area contributed by atoms with Crippen molar-refractivity contribution in [3.8, 4) is 0 Å². The van der Waals surface area contributed by atoms with E-state index in [4.69, 9.17) is 5.11 Å². The quantitative estimate of drug-likeness (QED) is 0.861. The third-order valence-corrected chi connectivity index (χ3v) is 4.82. The topological polar surface area (TPSA) is 54.4 Å². The van der Waals surface area contributed by atoms with Crippen LogP contribution in [0.4, 0.5) is 0 Å². The third-order valence-electron chi connectivity index (χ3n) is 3.06. The van der Waals surface area contributed by atoms with Crippen molar-refractivity contribution in [3.05, 3.63) is 35.4 Å². The Labute approximate surface area is 96.0 Å². The minimum Gasteiger partial charge on any atom is -0.396 e. The van der Waals surface area contributed by atoms with Gasteiger partial charge in [0.15, 0.2) is 9.84 Å². The first-order valence-corrected chi connectivity index (χ1v) is 7.33. The van der Waals surface area contributed by atoms with E-state index in [1.54, 1.807) is 0 Å². The summed E-state index contributed by atoms with van der Waals surface area (Å²) >= 11 is 0. The lowest BCUT2D eigenvalue weighted by molar-refractivity contribution is 0.299. The molecule has 1 saturated heterocycles. The van der Waals surface area contributed by atoms with Crippen LogP contribution < -0.4 is 0 Å². The molecule has 88 valence electrons. The summed E-state index contributed by atoms with van der Waals surface area (Å²) in [5.74, 6) is 0.723. The van der Waals surface area contributed by atoms with E-state index in [2.05, 4.69) is 0 Å². The number of sulfone groups is 1. The summed E-state index contributed by atoms with van der Waals surface area (Å²) in [6.07, 6.45) is 1.36. The molecule has 0 aromatic heterocycles. The van der Waals surface area contributed by atoms with Crippen molar-refractivity contribution >= 4 is 9.84 Å². The van der Waals surface area contributed by atoms with Crippen LogP contribution in [0.25, 0.3) is 0 Å². The van der Waals surface area contributed by atoms with Gasteiger partial charge in [-0.05, 0) is 29.9 Å². The molecule has 1 aromatic rings. The number of rotatable bonds is 3. The fourth-order valence-electron chi connectivity index (χ4n) is 2.19. The van der Waals surface area contributed by atoms with Gasteiger partial charge in [-0.2, -0.15) is 0 Å². The Hall–Kier alpha value is -0.870. The lowest BCUT2D eigenvalue weighted by Gasteiger charge is -2.09. The van der Waals surface area contributed by atoms with Gasteiger partial charge in [0.1, 0.15) is 0 Å². The van der Waals surface area contributed by atoms with Crippen molar-refractivity contribution in [1.82, 2.24) is 0 Å². The Morgan fingerprint density at radius 2 is 2.19 bits per heavy atom. The molecule has 0 amide bonds. The Balaban J connectivity index is 2.18. The fraction of sp³-hybridized carbons (Fsp3) is 0.500. The van der Waals surface area contributed by atoms with Crippen molar-refractivity contribution in [2.75, 3.05) is 18.1 Å². The van der Waals surface area contributed by atoms with Crippen molar-refractivity contribution in [1.29, 1.82) is 0 Å². The lowest BCUT2D eigenvalue weighted by atomic mass is 9.96. The molecule has 16 heavy (non-hydrogen) atoms. The van der Waals surface area contributed by atoms with Crippen molar-refractivity contribution in [2.24, 2.45) is 0 Å². The van der Waals surface area contributed by atoms with Crippen LogP contribution in [0.2, 0.25) is 0 Å². The fourth-order valence-corrected chi connectivity index (χ4v) is 3.97. The average Bonchev–Trinajstić information content (AvgIpc) is 2.60. The molecule has 1 unspecified atom stereocenters. The van der Waals surface area contributed by atoms with E-state index in [1.165, 1.54) is 0 Å².